The normalized spacial score (nSPS) is 10.2. The second-order valence-corrected chi connectivity index (χ2v) is 4.37. The first-order valence-corrected chi connectivity index (χ1v) is 5.93. The highest BCUT2D eigenvalue weighted by molar-refractivity contribution is 6.33. The molecule has 0 aliphatic heterocycles. The molecule has 0 aliphatic rings. The molecule has 0 fully saturated rings. The maximum absolute atomic E-state index is 11.8. The summed E-state index contributed by atoms with van der Waals surface area (Å²) in [5.74, 6) is -0.375. The SMILES string of the molecule is CC(=O)c1ccc(Cl)c(NC(=O)Cc2ccon2)c1. The van der Waals surface area contributed by atoms with E-state index in [1.807, 2.05) is 0 Å². The van der Waals surface area contributed by atoms with Gasteiger partial charge in [0, 0.05) is 11.6 Å². The van der Waals surface area contributed by atoms with Crippen molar-refractivity contribution in [2.75, 3.05) is 5.32 Å². The Balaban J connectivity index is 2.11. The summed E-state index contributed by atoms with van der Waals surface area (Å²) in [5.41, 5.74) is 1.42. The molecule has 0 aliphatic carbocycles. The molecule has 1 aromatic heterocycles. The second-order valence-electron chi connectivity index (χ2n) is 3.97. The molecule has 0 radical (unpaired) electrons. The number of hydrogen-bond acceptors (Lipinski definition) is 4. The number of nitrogens with zero attached hydrogens (tertiary/aromatic N) is 1. The number of amides is 1. The minimum Gasteiger partial charge on any atom is -0.364 e. The topological polar surface area (TPSA) is 72.2 Å². The summed E-state index contributed by atoms with van der Waals surface area (Å²) in [6.07, 6.45) is 1.48. The van der Waals surface area contributed by atoms with Gasteiger partial charge in [0.05, 0.1) is 22.8 Å². The molecule has 0 saturated carbocycles. The summed E-state index contributed by atoms with van der Waals surface area (Å²) in [4.78, 5) is 23.0. The van der Waals surface area contributed by atoms with Gasteiger partial charge in [-0.2, -0.15) is 0 Å². The second kappa shape index (κ2) is 5.67. The van der Waals surface area contributed by atoms with Crippen LogP contribution < -0.4 is 5.32 Å². The van der Waals surface area contributed by atoms with E-state index in [-0.39, 0.29) is 18.1 Å². The Morgan fingerprint density at radius 3 is 2.79 bits per heavy atom. The van der Waals surface area contributed by atoms with Gasteiger partial charge in [0.15, 0.2) is 5.78 Å². The molecule has 98 valence electrons. The number of nitrogens with one attached hydrogen (secondary N) is 1. The lowest BCUT2D eigenvalue weighted by Crippen LogP contribution is -2.15. The van der Waals surface area contributed by atoms with Gasteiger partial charge in [-0.25, -0.2) is 0 Å². The highest BCUT2D eigenvalue weighted by atomic mass is 35.5. The van der Waals surface area contributed by atoms with Crippen LogP contribution in [-0.4, -0.2) is 16.8 Å². The van der Waals surface area contributed by atoms with Crippen LogP contribution in [0.25, 0.3) is 0 Å². The van der Waals surface area contributed by atoms with E-state index < -0.39 is 0 Å². The molecule has 1 heterocycles. The zero-order chi connectivity index (χ0) is 13.8. The van der Waals surface area contributed by atoms with Crippen LogP contribution in [0.2, 0.25) is 5.02 Å². The van der Waals surface area contributed by atoms with Crippen LogP contribution in [-0.2, 0) is 11.2 Å². The van der Waals surface area contributed by atoms with E-state index in [1.165, 1.54) is 13.2 Å². The van der Waals surface area contributed by atoms with Crippen LogP contribution in [0, 0.1) is 0 Å². The molecule has 1 aromatic carbocycles. The lowest BCUT2D eigenvalue weighted by molar-refractivity contribution is -0.115. The summed E-state index contributed by atoms with van der Waals surface area (Å²) >= 11 is 5.97. The van der Waals surface area contributed by atoms with Gasteiger partial charge in [-0.3, -0.25) is 9.59 Å². The van der Waals surface area contributed by atoms with E-state index in [0.717, 1.165) is 0 Å². The Hall–Kier alpha value is -2.14. The first-order chi connectivity index (χ1) is 9.06. The molecule has 2 aromatic rings. The van der Waals surface area contributed by atoms with Crippen molar-refractivity contribution in [3.63, 3.8) is 0 Å². The Bertz CT molecular complexity index is 608. The monoisotopic (exact) mass is 278 g/mol. The highest BCUT2D eigenvalue weighted by Crippen LogP contribution is 2.23. The maximum Gasteiger partial charge on any atom is 0.230 e. The zero-order valence-corrected chi connectivity index (χ0v) is 10.9. The molecular weight excluding hydrogens is 268 g/mol. The predicted octanol–water partition coefficient (Wildman–Crippen LogP) is 2.71. The first-order valence-electron chi connectivity index (χ1n) is 5.56. The predicted molar refractivity (Wildman–Crippen MR) is 70.3 cm³/mol. The number of carbonyl (C=O) groups excluding carboxylic acids is 2. The standard InChI is InChI=1S/C13H11ClN2O3/c1-8(17)9-2-3-11(14)12(6-9)15-13(18)7-10-4-5-19-16-10/h2-6H,7H2,1H3,(H,15,18). The highest BCUT2D eigenvalue weighted by Gasteiger charge is 2.10. The molecule has 19 heavy (non-hydrogen) atoms. The number of carbonyl (C=O) groups is 2. The number of aromatic nitrogens is 1. The largest absolute Gasteiger partial charge is 0.364 e. The molecule has 1 amide bonds. The fourth-order valence-electron chi connectivity index (χ4n) is 1.53. The Labute approximate surface area is 114 Å². The molecule has 5 nitrogen and oxygen atoms in total. The average molecular weight is 279 g/mol. The van der Waals surface area contributed by atoms with Crippen molar-refractivity contribution in [3.8, 4) is 0 Å². The molecule has 0 bridgehead atoms. The third-order valence-corrected chi connectivity index (χ3v) is 2.81. The fourth-order valence-corrected chi connectivity index (χ4v) is 1.69. The molecule has 0 unspecified atom stereocenters. The maximum atomic E-state index is 11.8. The summed E-state index contributed by atoms with van der Waals surface area (Å²) < 4.78 is 4.64. The quantitative estimate of drug-likeness (QED) is 0.873. The molecule has 2 rings (SSSR count). The van der Waals surface area contributed by atoms with Crippen LogP contribution in [0.5, 0.6) is 0 Å². The molecule has 0 saturated heterocycles. The van der Waals surface area contributed by atoms with Crippen molar-refractivity contribution >= 4 is 29.0 Å². The van der Waals surface area contributed by atoms with E-state index in [9.17, 15) is 9.59 Å². The number of anilines is 1. The minimum atomic E-state index is -0.281. The number of hydrogen-bond donors (Lipinski definition) is 1. The summed E-state index contributed by atoms with van der Waals surface area (Å²) in [5, 5.41) is 6.66. The van der Waals surface area contributed by atoms with Crippen molar-refractivity contribution in [2.45, 2.75) is 13.3 Å². The summed E-state index contributed by atoms with van der Waals surface area (Å²) in [7, 11) is 0. The number of benzene rings is 1. The average Bonchev–Trinajstić information content (AvgIpc) is 2.84. The van der Waals surface area contributed by atoms with Gasteiger partial charge in [0.1, 0.15) is 6.26 Å². The van der Waals surface area contributed by atoms with E-state index in [4.69, 9.17) is 11.6 Å². The Morgan fingerprint density at radius 1 is 1.37 bits per heavy atom. The zero-order valence-electron chi connectivity index (χ0n) is 10.1. The van der Waals surface area contributed by atoms with Gasteiger partial charge in [-0.15, -0.1) is 0 Å². The van der Waals surface area contributed by atoms with Crippen LogP contribution in [0.3, 0.4) is 0 Å². The summed E-state index contributed by atoms with van der Waals surface area (Å²) in [6.45, 7) is 1.45. The van der Waals surface area contributed by atoms with E-state index in [0.29, 0.717) is 22.0 Å². The Morgan fingerprint density at radius 2 is 2.16 bits per heavy atom. The van der Waals surface area contributed by atoms with Gasteiger partial charge >= 0.3 is 0 Å². The van der Waals surface area contributed by atoms with Gasteiger partial charge in [-0.05, 0) is 25.1 Å². The van der Waals surface area contributed by atoms with Gasteiger partial charge < -0.3 is 9.84 Å². The lowest BCUT2D eigenvalue weighted by Gasteiger charge is -2.07. The molecular formula is C13H11ClN2O3. The number of Topliss-reactive ketones (excluding diaryl/α,β-unsaturated/α-hetero) is 1. The van der Waals surface area contributed by atoms with Crippen molar-refractivity contribution in [1.29, 1.82) is 0 Å². The van der Waals surface area contributed by atoms with Crippen molar-refractivity contribution in [3.05, 3.63) is 46.8 Å². The molecule has 0 atom stereocenters. The van der Waals surface area contributed by atoms with Crippen molar-refractivity contribution in [1.82, 2.24) is 5.16 Å². The molecule has 1 N–H and O–H groups in total. The van der Waals surface area contributed by atoms with Crippen LogP contribution >= 0.6 is 11.6 Å². The number of rotatable bonds is 4. The number of halogens is 1. The summed E-state index contributed by atoms with van der Waals surface area (Å²) in [6, 6.07) is 6.33. The smallest absolute Gasteiger partial charge is 0.230 e. The Kier molecular flexibility index (Phi) is 3.97. The third-order valence-electron chi connectivity index (χ3n) is 2.48. The first kappa shape index (κ1) is 13.3. The minimum absolute atomic E-state index is 0.0805. The van der Waals surface area contributed by atoms with Gasteiger partial charge in [0.2, 0.25) is 5.91 Å². The van der Waals surface area contributed by atoms with Crippen molar-refractivity contribution in [2.24, 2.45) is 0 Å². The third kappa shape index (κ3) is 3.42. The molecule has 0 spiro atoms. The fraction of sp³-hybridized carbons (Fsp3) is 0.154. The van der Waals surface area contributed by atoms with E-state index in [1.54, 1.807) is 24.3 Å². The lowest BCUT2D eigenvalue weighted by atomic mass is 10.1. The van der Waals surface area contributed by atoms with E-state index >= 15 is 0 Å². The number of ketones is 1. The van der Waals surface area contributed by atoms with Crippen LogP contribution in [0.4, 0.5) is 5.69 Å². The van der Waals surface area contributed by atoms with E-state index in [2.05, 4.69) is 15.0 Å². The van der Waals surface area contributed by atoms with Gasteiger partial charge in [-0.1, -0.05) is 16.8 Å². The van der Waals surface area contributed by atoms with Crippen molar-refractivity contribution < 1.29 is 14.1 Å². The van der Waals surface area contributed by atoms with Crippen LogP contribution in [0.1, 0.15) is 23.0 Å². The van der Waals surface area contributed by atoms with Gasteiger partial charge in [0.25, 0.3) is 0 Å². The molecule has 6 heteroatoms. The van der Waals surface area contributed by atoms with Crippen LogP contribution in [0.15, 0.2) is 35.1 Å².